The first kappa shape index (κ1) is 13.6. The lowest BCUT2D eigenvalue weighted by Crippen LogP contribution is -2.18. The van der Waals surface area contributed by atoms with Crippen LogP contribution in [-0.2, 0) is 4.74 Å². The SMILES string of the molecule is CCOC(=O)c1cc(-c2ccoc2C)[nH]c(=O)c1C#N. The van der Waals surface area contributed by atoms with Crippen molar-refractivity contribution < 1.29 is 13.9 Å². The molecule has 0 amide bonds. The van der Waals surface area contributed by atoms with Crippen LogP contribution in [0.2, 0.25) is 0 Å². The van der Waals surface area contributed by atoms with Crippen LogP contribution in [0.5, 0.6) is 0 Å². The van der Waals surface area contributed by atoms with Gasteiger partial charge in [0, 0.05) is 5.56 Å². The fourth-order valence-corrected chi connectivity index (χ4v) is 1.85. The van der Waals surface area contributed by atoms with Crippen LogP contribution < -0.4 is 5.56 Å². The number of aromatic nitrogens is 1. The Bertz CT molecular complexity index is 749. The zero-order valence-corrected chi connectivity index (χ0v) is 11.0. The Hall–Kier alpha value is -2.81. The Morgan fingerprint density at radius 1 is 1.55 bits per heavy atom. The molecule has 102 valence electrons. The maximum Gasteiger partial charge on any atom is 0.339 e. The number of nitriles is 1. The number of hydrogen-bond donors (Lipinski definition) is 1. The molecular formula is C14H12N2O4. The molecule has 2 aromatic rings. The zero-order valence-electron chi connectivity index (χ0n) is 11.0. The number of carbonyl (C=O) groups is 1. The Balaban J connectivity index is 2.65. The van der Waals surface area contributed by atoms with Gasteiger partial charge in [-0.05, 0) is 26.0 Å². The number of pyridine rings is 1. The molecule has 0 saturated heterocycles. The first-order valence-electron chi connectivity index (χ1n) is 5.97. The van der Waals surface area contributed by atoms with Crippen LogP contribution in [-0.4, -0.2) is 17.6 Å². The van der Waals surface area contributed by atoms with E-state index in [9.17, 15) is 9.59 Å². The fourth-order valence-electron chi connectivity index (χ4n) is 1.85. The van der Waals surface area contributed by atoms with Gasteiger partial charge >= 0.3 is 5.97 Å². The van der Waals surface area contributed by atoms with Gasteiger partial charge in [0.2, 0.25) is 0 Å². The monoisotopic (exact) mass is 272 g/mol. The van der Waals surface area contributed by atoms with Gasteiger partial charge in [0.15, 0.2) is 0 Å². The average Bonchev–Trinajstić information content (AvgIpc) is 2.84. The zero-order chi connectivity index (χ0) is 14.7. The smallest absolute Gasteiger partial charge is 0.339 e. The fraction of sp³-hybridized carbons (Fsp3) is 0.214. The van der Waals surface area contributed by atoms with E-state index in [1.165, 1.54) is 12.3 Å². The lowest BCUT2D eigenvalue weighted by Gasteiger charge is -2.06. The van der Waals surface area contributed by atoms with Crippen molar-refractivity contribution in [1.82, 2.24) is 4.98 Å². The minimum Gasteiger partial charge on any atom is -0.469 e. The molecule has 0 aliphatic rings. The van der Waals surface area contributed by atoms with E-state index in [-0.39, 0.29) is 17.7 Å². The van der Waals surface area contributed by atoms with Crippen molar-refractivity contribution in [1.29, 1.82) is 5.26 Å². The largest absolute Gasteiger partial charge is 0.469 e. The van der Waals surface area contributed by atoms with E-state index in [2.05, 4.69) is 4.98 Å². The molecule has 0 saturated carbocycles. The number of aryl methyl sites for hydroxylation is 1. The van der Waals surface area contributed by atoms with E-state index in [1.54, 1.807) is 26.0 Å². The molecule has 1 N–H and O–H groups in total. The molecule has 6 heteroatoms. The summed E-state index contributed by atoms with van der Waals surface area (Å²) in [6.07, 6.45) is 1.48. The number of furan rings is 1. The van der Waals surface area contributed by atoms with Crippen molar-refractivity contribution in [2.24, 2.45) is 0 Å². The predicted molar refractivity (Wildman–Crippen MR) is 70.2 cm³/mol. The van der Waals surface area contributed by atoms with Crippen LogP contribution in [0.15, 0.2) is 27.6 Å². The molecule has 20 heavy (non-hydrogen) atoms. The van der Waals surface area contributed by atoms with Gasteiger partial charge in [-0.25, -0.2) is 4.79 Å². The maximum absolute atomic E-state index is 11.9. The quantitative estimate of drug-likeness (QED) is 0.862. The number of aromatic amines is 1. The molecular weight excluding hydrogens is 260 g/mol. The molecule has 0 unspecified atom stereocenters. The van der Waals surface area contributed by atoms with Crippen LogP contribution >= 0.6 is 0 Å². The Morgan fingerprint density at radius 3 is 2.85 bits per heavy atom. The average molecular weight is 272 g/mol. The summed E-state index contributed by atoms with van der Waals surface area (Å²) in [5.41, 5.74) is 0.121. The third-order valence-electron chi connectivity index (χ3n) is 2.79. The summed E-state index contributed by atoms with van der Waals surface area (Å²) in [7, 11) is 0. The van der Waals surface area contributed by atoms with Crippen LogP contribution in [0.4, 0.5) is 0 Å². The standard InChI is InChI=1S/C14H12N2O4/c1-3-19-14(18)10-6-12(9-4-5-20-8(9)2)16-13(17)11(10)7-15/h4-6H,3H2,1-2H3,(H,16,17). The number of ether oxygens (including phenoxy) is 1. The van der Waals surface area contributed by atoms with E-state index in [1.807, 2.05) is 0 Å². The third kappa shape index (κ3) is 2.34. The van der Waals surface area contributed by atoms with Crippen molar-refractivity contribution in [3.05, 3.63) is 45.6 Å². The van der Waals surface area contributed by atoms with Gasteiger partial charge in [-0.2, -0.15) is 5.26 Å². The minimum absolute atomic E-state index is 0.0475. The van der Waals surface area contributed by atoms with Gasteiger partial charge in [0.25, 0.3) is 5.56 Å². The van der Waals surface area contributed by atoms with Crippen molar-refractivity contribution in [3.63, 3.8) is 0 Å². The molecule has 0 radical (unpaired) electrons. The second-order valence-electron chi connectivity index (χ2n) is 4.02. The first-order chi connectivity index (χ1) is 9.58. The van der Waals surface area contributed by atoms with E-state index in [4.69, 9.17) is 14.4 Å². The number of rotatable bonds is 3. The molecule has 0 atom stereocenters. The lowest BCUT2D eigenvalue weighted by atomic mass is 10.1. The maximum atomic E-state index is 11.9. The molecule has 6 nitrogen and oxygen atoms in total. The topological polar surface area (TPSA) is 96.1 Å². The van der Waals surface area contributed by atoms with Crippen LogP contribution in [0.1, 0.15) is 28.6 Å². The number of nitrogens with one attached hydrogen (secondary N) is 1. The summed E-state index contributed by atoms with van der Waals surface area (Å²) < 4.78 is 10.0. The summed E-state index contributed by atoms with van der Waals surface area (Å²) in [5, 5.41) is 9.00. The van der Waals surface area contributed by atoms with Crippen molar-refractivity contribution in [2.75, 3.05) is 6.61 Å². The predicted octanol–water partition coefficient (Wildman–Crippen LogP) is 1.99. The van der Waals surface area contributed by atoms with Gasteiger partial charge in [-0.3, -0.25) is 4.79 Å². The van der Waals surface area contributed by atoms with Crippen molar-refractivity contribution in [2.45, 2.75) is 13.8 Å². The third-order valence-corrected chi connectivity index (χ3v) is 2.79. The van der Waals surface area contributed by atoms with E-state index in [0.29, 0.717) is 17.0 Å². The van der Waals surface area contributed by atoms with Gasteiger partial charge in [-0.1, -0.05) is 0 Å². The number of H-pyrrole nitrogens is 1. The van der Waals surface area contributed by atoms with Crippen LogP contribution in [0.3, 0.4) is 0 Å². The Kier molecular flexibility index (Phi) is 3.71. The molecule has 2 aromatic heterocycles. The van der Waals surface area contributed by atoms with Gasteiger partial charge in [-0.15, -0.1) is 0 Å². The number of esters is 1. The normalized spacial score (nSPS) is 10.1. The van der Waals surface area contributed by atoms with Crippen LogP contribution in [0.25, 0.3) is 11.3 Å². The Labute approximate surface area is 114 Å². The number of nitrogens with zero attached hydrogens (tertiary/aromatic N) is 1. The van der Waals surface area contributed by atoms with Crippen molar-refractivity contribution >= 4 is 5.97 Å². The molecule has 0 fully saturated rings. The molecule has 0 aliphatic heterocycles. The van der Waals surface area contributed by atoms with Gasteiger partial charge < -0.3 is 14.1 Å². The van der Waals surface area contributed by atoms with Gasteiger partial charge in [0.1, 0.15) is 17.4 Å². The molecule has 0 aliphatic carbocycles. The van der Waals surface area contributed by atoms with E-state index >= 15 is 0 Å². The highest BCUT2D eigenvalue weighted by atomic mass is 16.5. The summed E-state index contributed by atoms with van der Waals surface area (Å²) >= 11 is 0. The summed E-state index contributed by atoms with van der Waals surface area (Å²) in [6, 6.07) is 4.82. The summed E-state index contributed by atoms with van der Waals surface area (Å²) in [4.78, 5) is 26.3. The molecule has 2 rings (SSSR count). The molecule has 0 spiro atoms. The second-order valence-corrected chi connectivity index (χ2v) is 4.02. The summed E-state index contributed by atoms with van der Waals surface area (Å²) in [5.74, 6) is -0.0993. The van der Waals surface area contributed by atoms with Crippen LogP contribution in [0, 0.1) is 18.3 Å². The lowest BCUT2D eigenvalue weighted by molar-refractivity contribution is 0.0525. The molecule has 0 bridgehead atoms. The minimum atomic E-state index is -0.697. The molecule has 0 aromatic carbocycles. The summed E-state index contributed by atoms with van der Waals surface area (Å²) in [6.45, 7) is 3.55. The highest BCUT2D eigenvalue weighted by Gasteiger charge is 2.19. The second kappa shape index (κ2) is 5.45. The van der Waals surface area contributed by atoms with E-state index in [0.717, 1.165) is 0 Å². The Morgan fingerprint density at radius 2 is 2.30 bits per heavy atom. The van der Waals surface area contributed by atoms with Gasteiger partial charge in [0.05, 0.1) is 24.1 Å². The first-order valence-corrected chi connectivity index (χ1v) is 5.97. The van der Waals surface area contributed by atoms with E-state index < -0.39 is 11.5 Å². The number of carbonyl (C=O) groups excluding carboxylic acids is 1. The highest BCUT2D eigenvalue weighted by Crippen LogP contribution is 2.23. The number of hydrogen-bond acceptors (Lipinski definition) is 5. The molecule has 2 heterocycles. The van der Waals surface area contributed by atoms with Crippen molar-refractivity contribution in [3.8, 4) is 17.3 Å². The highest BCUT2D eigenvalue weighted by molar-refractivity contribution is 5.93.